The molecule has 2 aromatic rings. The molecule has 1 aromatic carbocycles. The highest BCUT2D eigenvalue weighted by Gasteiger charge is 2.29. The first-order valence-corrected chi connectivity index (χ1v) is 7.43. The highest BCUT2D eigenvalue weighted by Crippen LogP contribution is 2.44. The molecule has 2 N–H and O–H groups in total. The van der Waals surface area contributed by atoms with Gasteiger partial charge in [0.15, 0.2) is 5.82 Å². The second kappa shape index (κ2) is 4.83. The SMILES string of the molecule is Nc1nc(-c2cc(F)ccc2Br)nc(C2CC2)c1Br. The third kappa shape index (κ3) is 2.51. The number of anilines is 1. The Bertz CT molecular complexity index is 657. The third-order valence-electron chi connectivity index (χ3n) is 3.04. The van der Waals surface area contributed by atoms with Crippen LogP contribution in [0.2, 0.25) is 0 Å². The quantitative estimate of drug-likeness (QED) is 0.838. The molecule has 1 saturated carbocycles. The molecule has 1 fully saturated rings. The Morgan fingerprint density at radius 3 is 2.63 bits per heavy atom. The maximum absolute atomic E-state index is 13.4. The largest absolute Gasteiger partial charge is 0.383 e. The molecular formula is C13H10Br2FN3. The molecule has 3 nitrogen and oxygen atoms in total. The standard InChI is InChI=1S/C13H10Br2FN3/c14-9-4-3-7(16)5-8(9)13-18-11(6-1-2-6)10(15)12(17)19-13/h3-6H,1-2H2,(H2,17,18,19). The van der Waals surface area contributed by atoms with Crippen molar-refractivity contribution in [1.29, 1.82) is 0 Å². The topological polar surface area (TPSA) is 51.8 Å². The minimum atomic E-state index is -0.323. The Morgan fingerprint density at radius 2 is 1.95 bits per heavy atom. The van der Waals surface area contributed by atoms with Gasteiger partial charge in [0.2, 0.25) is 0 Å². The summed E-state index contributed by atoms with van der Waals surface area (Å²) in [4.78, 5) is 8.77. The number of aromatic nitrogens is 2. The second-order valence-electron chi connectivity index (χ2n) is 4.53. The number of halogens is 3. The lowest BCUT2D eigenvalue weighted by molar-refractivity contribution is 0.628. The first-order chi connectivity index (χ1) is 9.06. The smallest absolute Gasteiger partial charge is 0.163 e. The third-order valence-corrected chi connectivity index (χ3v) is 4.54. The number of benzene rings is 1. The van der Waals surface area contributed by atoms with Crippen LogP contribution in [0, 0.1) is 5.82 Å². The fourth-order valence-corrected chi connectivity index (χ4v) is 2.82. The molecule has 0 radical (unpaired) electrons. The molecule has 1 heterocycles. The van der Waals surface area contributed by atoms with Crippen LogP contribution in [0.3, 0.4) is 0 Å². The molecule has 98 valence electrons. The maximum Gasteiger partial charge on any atom is 0.163 e. The van der Waals surface area contributed by atoms with Crippen molar-refractivity contribution in [3.8, 4) is 11.4 Å². The molecule has 0 atom stereocenters. The zero-order valence-electron chi connectivity index (χ0n) is 9.83. The number of nitrogens with zero attached hydrogens (tertiary/aromatic N) is 2. The molecule has 6 heteroatoms. The average Bonchev–Trinajstić information content (AvgIpc) is 3.20. The Labute approximate surface area is 126 Å². The Balaban J connectivity index is 2.17. The van der Waals surface area contributed by atoms with Crippen molar-refractivity contribution in [3.63, 3.8) is 0 Å². The fourth-order valence-electron chi connectivity index (χ4n) is 1.90. The van der Waals surface area contributed by atoms with Crippen molar-refractivity contribution >= 4 is 37.7 Å². The molecular weight excluding hydrogens is 377 g/mol. The molecule has 19 heavy (non-hydrogen) atoms. The summed E-state index contributed by atoms with van der Waals surface area (Å²) in [6, 6.07) is 4.43. The number of hydrogen-bond acceptors (Lipinski definition) is 3. The summed E-state index contributed by atoms with van der Waals surface area (Å²) in [5.74, 6) is 0.957. The summed E-state index contributed by atoms with van der Waals surface area (Å²) < 4.78 is 14.9. The summed E-state index contributed by atoms with van der Waals surface area (Å²) in [7, 11) is 0. The van der Waals surface area contributed by atoms with Crippen LogP contribution in [0.5, 0.6) is 0 Å². The monoisotopic (exact) mass is 385 g/mol. The van der Waals surface area contributed by atoms with Crippen LogP contribution >= 0.6 is 31.9 Å². The maximum atomic E-state index is 13.4. The predicted molar refractivity (Wildman–Crippen MR) is 79.2 cm³/mol. The fraction of sp³-hybridized carbons (Fsp3) is 0.231. The molecule has 0 aliphatic heterocycles. The van der Waals surface area contributed by atoms with E-state index in [1.165, 1.54) is 12.1 Å². The van der Waals surface area contributed by atoms with Gasteiger partial charge in [-0.3, -0.25) is 0 Å². The molecule has 0 amide bonds. The highest BCUT2D eigenvalue weighted by atomic mass is 79.9. The minimum absolute atomic E-state index is 0.323. The van der Waals surface area contributed by atoms with Gasteiger partial charge in [-0.2, -0.15) is 0 Å². The van der Waals surface area contributed by atoms with Crippen LogP contribution in [0.15, 0.2) is 27.1 Å². The lowest BCUT2D eigenvalue weighted by atomic mass is 10.2. The first-order valence-electron chi connectivity index (χ1n) is 5.84. The van der Waals surface area contributed by atoms with E-state index >= 15 is 0 Å². The molecule has 0 unspecified atom stereocenters. The minimum Gasteiger partial charge on any atom is -0.383 e. The molecule has 0 bridgehead atoms. The van der Waals surface area contributed by atoms with Crippen molar-refractivity contribution in [2.45, 2.75) is 18.8 Å². The van der Waals surface area contributed by atoms with Crippen LogP contribution in [0.25, 0.3) is 11.4 Å². The van der Waals surface area contributed by atoms with E-state index in [1.807, 2.05) is 0 Å². The van der Waals surface area contributed by atoms with Crippen molar-refractivity contribution in [3.05, 3.63) is 38.7 Å². The van der Waals surface area contributed by atoms with Crippen LogP contribution < -0.4 is 5.73 Å². The van der Waals surface area contributed by atoms with Gasteiger partial charge in [0, 0.05) is 16.0 Å². The molecule has 1 aliphatic carbocycles. The van der Waals surface area contributed by atoms with E-state index in [0.717, 1.165) is 27.5 Å². The van der Waals surface area contributed by atoms with E-state index in [2.05, 4.69) is 41.8 Å². The van der Waals surface area contributed by atoms with Gasteiger partial charge >= 0.3 is 0 Å². The van der Waals surface area contributed by atoms with Crippen LogP contribution in [-0.2, 0) is 0 Å². The molecule has 1 aliphatic rings. The molecule has 3 rings (SSSR count). The van der Waals surface area contributed by atoms with E-state index in [0.29, 0.717) is 23.1 Å². The van der Waals surface area contributed by atoms with E-state index in [1.54, 1.807) is 6.07 Å². The lowest BCUT2D eigenvalue weighted by Gasteiger charge is -2.09. The molecule has 0 spiro atoms. The number of rotatable bonds is 2. The Hall–Kier alpha value is -1.01. The number of hydrogen-bond donors (Lipinski definition) is 1. The Kier molecular flexibility index (Phi) is 3.30. The van der Waals surface area contributed by atoms with Gasteiger partial charge in [0.25, 0.3) is 0 Å². The van der Waals surface area contributed by atoms with Gasteiger partial charge in [-0.1, -0.05) is 15.9 Å². The summed E-state index contributed by atoms with van der Waals surface area (Å²) in [5.41, 5.74) is 7.43. The average molecular weight is 387 g/mol. The summed E-state index contributed by atoms with van der Waals surface area (Å²) in [6.07, 6.45) is 2.22. The van der Waals surface area contributed by atoms with Gasteiger partial charge in [0.05, 0.1) is 10.2 Å². The molecule has 1 aromatic heterocycles. The lowest BCUT2D eigenvalue weighted by Crippen LogP contribution is -2.02. The van der Waals surface area contributed by atoms with Crippen molar-refractivity contribution in [2.75, 3.05) is 5.73 Å². The second-order valence-corrected chi connectivity index (χ2v) is 6.18. The van der Waals surface area contributed by atoms with Crippen molar-refractivity contribution in [2.24, 2.45) is 0 Å². The van der Waals surface area contributed by atoms with E-state index in [4.69, 9.17) is 5.73 Å². The van der Waals surface area contributed by atoms with Crippen molar-refractivity contribution in [1.82, 2.24) is 9.97 Å². The van der Waals surface area contributed by atoms with E-state index < -0.39 is 0 Å². The zero-order valence-corrected chi connectivity index (χ0v) is 13.0. The van der Waals surface area contributed by atoms with Gasteiger partial charge in [0.1, 0.15) is 11.6 Å². The van der Waals surface area contributed by atoms with Crippen molar-refractivity contribution < 1.29 is 4.39 Å². The van der Waals surface area contributed by atoms with E-state index in [-0.39, 0.29) is 5.82 Å². The van der Waals surface area contributed by atoms with E-state index in [9.17, 15) is 4.39 Å². The summed E-state index contributed by atoms with van der Waals surface area (Å²) in [6.45, 7) is 0. The number of nitrogen functional groups attached to an aromatic ring is 1. The van der Waals surface area contributed by atoms with Gasteiger partial charge in [-0.05, 0) is 47.0 Å². The zero-order chi connectivity index (χ0) is 13.6. The number of nitrogens with two attached hydrogens (primary N) is 1. The highest BCUT2D eigenvalue weighted by molar-refractivity contribution is 9.11. The van der Waals surface area contributed by atoms with Crippen LogP contribution in [0.1, 0.15) is 24.5 Å². The van der Waals surface area contributed by atoms with Crippen LogP contribution in [-0.4, -0.2) is 9.97 Å². The summed E-state index contributed by atoms with van der Waals surface area (Å²) in [5, 5.41) is 0. The first kappa shape index (κ1) is 13.0. The van der Waals surface area contributed by atoms with Gasteiger partial charge < -0.3 is 5.73 Å². The van der Waals surface area contributed by atoms with Gasteiger partial charge in [-0.15, -0.1) is 0 Å². The summed E-state index contributed by atoms with van der Waals surface area (Å²) >= 11 is 6.81. The predicted octanol–water partition coefficient (Wildman–Crippen LogP) is 4.27. The van der Waals surface area contributed by atoms with Gasteiger partial charge in [-0.25, -0.2) is 14.4 Å². The normalized spacial score (nSPS) is 14.7. The van der Waals surface area contributed by atoms with Crippen LogP contribution in [0.4, 0.5) is 10.2 Å². The Morgan fingerprint density at radius 1 is 1.21 bits per heavy atom. The molecule has 0 saturated heterocycles.